The molecule has 0 atom stereocenters. The van der Waals surface area contributed by atoms with Crippen molar-refractivity contribution in [2.45, 2.75) is 52.6 Å². The molecule has 2 aliphatic carbocycles. The first-order valence-electron chi connectivity index (χ1n) is 6.62. The molecule has 0 aromatic rings. The van der Waals surface area contributed by atoms with E-state index in [0.29, 0.717) is 0 Å². The van der Waals surface area contributed by atoms with Gasteiger partial charge in [0.1, 0.15) is 0 Å². The van der Waals surface area contributed by atoms with E-state index in [9.17, 15) is 0 Å². The Kier molecular flexibility index (Phi) is 12.2. The SMILES string of the molecule is CCC1=C(CC)C[C-]=C1.C[Si](C)=[Zr+2].[C-]1=CC=CC1. The molecule has 0 radical (unpaired) electrons. The van der Waals surface area contributed by atoms with Crippen molar-refractivity contribution in [2.75, 3.05) is 0 Å². The molecule has 96 valence electrons. The summed E-state index contributed by atoms with van der Waals surface area (Å²) >= 11 is 1.74. The monoisotopic (exact) mass is 334 g/mol. The summed E-state index contributed by atoms with van der Waals surface area (Å²) < 4.78 is 0. The van der Waals surface area contributed by atoms with Crippen molar-refractivity contribution in [3.8, 4) is 0 Å². The Morgan fingerprint density at radius 3 is 2.17 bits per heavy atom. The zero-order valence-corrected chi connectivity index (χ0v) is 15.6. The average Bonchev–Trinajstić information content (AvgIpc) is 3.02. The first-order valence-corrected chi connectivity index (χ1v) is 12.8. The van der Waals surface area contributed by atoms with Crippen LogP contribution in [-0.2, 0) is 23.3 Å². The van der Waals surface area contributed by atoms with Crippen LogP contribution in [0.3, 0.4) is 0 Å². The smallest absolute Gasteiger partial charge is 0.109 e. The summed E-state index contributed by atoms with van der Waals surface area (Å²) in [5, 5.41) is 0. The van der Waals surface area contributed by atoms with E-state index in [1.165, 1.54) is 18.4 Å². The second-order valence-electron chi connectivity index (χ2n) is 4.36. The first-order chi connectivity index (χ1) is 8.61. The summed E-state index contributed by atoms with van der Waals surface area (Å²) in [5.74, 6) is 0. The fourth-order valence-corrected chi connectivity index (χ4v) is 1.56. The fourth-order valence-electron chi connectivity index (χ4n) is 1.56. The largest absolute Gasteiger partial charge is 0.273 e. The number of hydrogen-bond donors (Lipinski definition) is 0. The molecule has 0 N–H and O–H groups in total. The normalized spacial score (nSPS) is 15.2. The van der Waals surface area contributed by atoms with Crippen LogP contribution in [0.15, 0.2) is 35.5 Å². The van der Waals surface area contributed by atoms with Crippen LogP contribution in [0.4, 0.5) is 0 Å². The summed E-state index contributed by atoms with van der Waals surface area (Å²) in [5.41, 5.74) is 3.30. The van der Waals surface area contributed by atoms with Gasteiger partial charge in [0, 0.05) is 0 Å². The third kappa shape index (κ3) is 10.0. The quantitative estimate of drug-likeness (QED) is 0.494. The standard InChI is InChI=1S/C9H13.C5H5.C2H6Si.Zr/c1-3-8-6-5-7-9(8)4-2;1-2-4-5-3-1;1-3-2;/h6H,3-4,7H2,1-2H3;1-3H,4H2;1-2H3;/q2*-1;;+2. The van der Waals surface area contributed by atoms with Gasteiger partial charge in [-0.05, 0) is 0 Å². The van der Waals surface area contributed by atoms with Crippen LogP contribution >= 0.6 is 0 Å². The van der Waals surface area contributed by atoms with Crippen LogP contribution in [0, 0.1) is 12.2 Å². The summed E-state index contributed by atoms with van der Waals surface area (Å²) in [6.07, 6.45) is 18.8. The molecule has 0 aromatic carbocycles. The Morgan fingerprint density at radius 2 is 1.89 bits per heavy atom. The molecule has 18 heavy (non-hydrogen) atoms. The average molecular weight is 336 g/mol. The van der Waals surface area contributed by atoms with Crippen LogP contribution in [0.25, 0.3) is 0 Å². The molecule has 0 bridgehead atoms. The summed E-state index contributed by atoms with van der Waals surface area (Å²) in [6, 6.07) is 0. The molecule has 0 fully saturated rings. The third-order valence-corrected chi connectivity index (χ3v) is 2.44. The van der Waals surface area contributed by atoms with Gasteiger partial charge < -0.3 is 0 Å². The third-order valence-electron chi connectivity index (χ3n) is 2.44. The molecule has 2 aliphatic rings. The zero-order chi connectivity index (χ0) is 13.8. The number of rotatable bonds is 2. The van der Waals surface area contributed by atoms with Crippen LogP contribution in [0.2, 0.25) is 13.1 Å². The van der Waals surface area contributed by atoms with Crippen LogP contribution in [0.1, 0.15) is 39.5 Å². The van der Waals surface area contributed by atoms with Crippen LogP contribution in [0.5, 0.6) is 0 Å². The van der Waals surface area contributed by atoms with Crippen molar-refractivity contribution >= 4 is 5.43 Å². The maximum absolute atomic E-state index is 3.23. The van der Waals surface area contributed by atoms with Crippen molar-refractivity contribution in [3.63, 3.8) is 0 Å². The molecule has 0 heterocycles. The van der Waals surface area contributed by atoms with Gasteiger partial charge in [-0.15, -0.1) is 12.8 Å². The van der Waals surface area contributed by atoms with E-state index < -0.39 is 0 Å². The van der Waals surface area contributed by atoms with E-state index in [0.717, 1.165) is 12.8 Å². The second-order valence-corrected chi connectivity index (χ2v) is 13.7. The molecule has 0 spiro atoms. The summed E-state index contributed by atoms with van der Waals surface area (Å²) in [4.78, 5) is 0. The van der Waals surface area contributed by atoms with Crippen molar-refractivity contribution in [3.05, 3.63) is 47.6 Å². The zero-order valence-electron chi connectivity index (χ0n) is 12.1. The van der Waals surface area contributed by atoms with Gasteiger partial charge in [-0.1, -0.05) is 26.7 Å². The Balaban J connectivity index is 0.000000272. The molecule has 2 heteroatoms. The second kappa shape index (κ2) is 12.1. The number of hydrogen-bond acceptors (Lipinski definition) is 0. The van der Waals surface area contributed by atoms with Crippen molar-refractivity contribution in [2.24, 2.45) is 0 Å². The van der Waals surface area contributed by atoms with Crippen LogP contribution < -0.4 is 0 Å². The molecule has 0 amide bonds. The summed E-state index contributed by atoms with van der Waals surface area (Å²) in [7, 11) is 0. The van der Waals surface area contributed by atoms with Gasteiger partial charge in [0.05, 0.1) is 0 Å². The Bertz CT molecular complexity index is 345. The molecule has 0 aromatic heterocycles. The molecular weight excluding hydrogens is 311 g/mol. The fraction of sp³-hybridized carbons (Fsp3) is 0.500. The molecule has 0 nitrogen and oxygen atoms in total. The van der Waals surface area contributed by atoms with Crippen LogP contribution in [-0.4, -0.2) is 5.43 Å². The van der Waals surface area contributed by atoms with Crippen molar-refractivity contribution < 1.29 is 23.3 Å². The van der Waals surface area contributed by atoms with Gasteiger partial charge >= 0.3 is 41.9 Å². The van der Waals surface area contributed by atoms with Gasteiger partial charge in [-0.25, -0.2) is 18.2 Å². The van der Waals surface area contributed by atoms with E-state index in [2.05, 4.69) is 51.2 Å². The Labute approximate surface area is 128 Å². The van der Waals surface area contributed by atoms with Gasteiger partial charge in [0.15, 0.2) is 0 Å². The predicted octanol–water partition coefficient (Wildman–Crippen LogP) is 4.96. The van der Waals surface area contributed by atoms with E-state index in [4.69, 9.17) is 0 Å². The Morgan fingerprint density at radius 1 is 1.22 bits per heavy atom. The van der Waals surface area contributed by atoms with E-state index in [1.807, 2.05) is 12.2 Å². The maximum atomic E-state index is 3.23. The minimum Gasteiger partial charge on any atom is -0.273 e. The first kappa shape index (κ1) is 18.1. The van der Waals surface area contributed by atoms with E-state index in [-0.39, 0.29) is 5.43 Å². The topological polar surface area (TPSA) is 0 Å². The molecule has 0 unspecified atom stereocenters. The molecular formula is C16H24SiZr. The predicted molar refractivity (Wildman–Crippen MR) is 79.1 cm³/mol. The van der Waals surface area contributed by atoms with Gasteiger partial charge in [0.25, 0.3) is 0 Å². The van der Waals surface area contributed by atoms with Crippen molar-refractivity contribution in [1.82, 2.24) is 0 Å². The number of allylic oxidation sites excluding steroid dienone is 8. The minimum absolute atomic E-state index is 0.210. The van der Waals surface area contributed by atoms with Crippen molar-refractivity contribution in [1.29, 1.82) is 0 Å². The van der Waals surface area contributed by atoms with E-state index in [1.54, 1.807) is 28.9 Å². The molecule has 0 saturated carbocycles. The van der Waals surface area contributed by atoms with E-state index >= 15 is 0 Å². The van der Waals surface area contributed by atoms with Gasteiger partial charge in [0.2, 0.25) is 0 Å². The Hall–Kier alpha value is 0.0600. The maximum Gasteiger partial charge on any atom is -0.109 e. The molecule has 0 aliphatic heterocycles. The summed E-state index contributed by atoms with van der Waals surface area (Å²) in [6.45, 7) is 9.03. The molecule has 0 saturated heterocycles. The molecule has 2 rings (SSSR count). The van der Waals surface area contributed by atoms with Gasteiger partial charge in [-0.3, -0.25) is 12.2 Å². The minimum atomic E-state index is 0.210. The van der Waals surface area contributed by atoms with Gasteiger partial charge in [-0.2, -0.15) is 17.2 Å².